The summed E-state index contributed by atoms with van der Waals surface area (Å²) in [6.45, 7) is 1.62. The lowest BCUT2D eigenvalue weighted by atomic mass is 10.2. The van der Waals surface area contributed by atoms with Crippen LogP contribution in [0.4, 0.5) is 0 Å². The van der Waals surface area contributed by atoms with Crippen molar-refractivity contribution in [3.63, 3.8) is 0 Å². The van der Waals surface area contributed by atoms with Crippen molar-refractivity contribution < 1.29 is 4.79 Å². The second-order valence-corrected chi connectivity index (χ2v) is 4.99. The molecule has 0 spiro atoms. The number of hydrogen-bond acceptors (Lipinski definition) is 2. The number of nitrogens with zero attached hydrogens (tertiary/aromatic N) is 1. The zero-order valence-electron chi connectivity index (χ0n) is 9.15. The number of thiophene rings is 1. The zero-order chi connectivity index (χ0) is 11.3. The predicted octanol–water partition coefficient (Wildman–Crippen LogP) is 3.60. The highest BCUT2D eigenvalue weighted by Crippen LogP contribution is 2.34. The molecule has 0 N–H and O–H groups in total. The highest BCUT2D eigenvalue weighted by atomic mass is 32.1. The van der Waals surface area contributed by atoms with Crippen LogP contribution >= 0.6 is 11.3 Å². The number of carbonyl (C=O) groups is 1. The molecule has 0 bridgehead atoms. The van der Waals surface area contributed by atoms with E-state index in [0.29, 0.717) is 0 Å². The number of hydrogen-bond donors (Lipinski definition) is 0. The maximum absolute atomic E-state index is 11.4. The Morgan fingerprint density at radius 1 is 1.25 bits per heavy atom. The smallest absolute Gasteiger partial charge is 0.169 e. The molecule has 2 aromatic heterocycles. The van der Waals surface area contributed by atoms with Gasteiger partial charge >= 0.3 is 0 Å². The minimum atomic E-state index is 0.144. The van der Waals surface area contributed by atoms with Gasteiger partial charge in [-0.2, -0.15) is 0 Å². The molecular weight excluding hydrogens is 218 g/mol. The van der Waals surface area contributed by atoms with Gasteiger partial charge in [-0.25, -0.2) is 0 Å². The van der Waals surface area contributed by atoms with Crippen molar-refractivity contribution in [1.82, 2.24) is 4.57 Å². The van der Waals surface area contributed by atoms with Crippen LogP contribution in [0.1, 0.15) is 16.6 Å². The minimum absolute atomic E-state index is 0.144. The Kier molecular flexibility index (Phi) is 1.91. The van der Waals surface area contributed by atoms with Gasteiger partial charge in [0.2, 0.25) is 0 Å². The standard InChI is InChI=1S/C13H11NOS/c1-8(15)12-7-10-9-5-3-4-6-11(9)14(2)13(10)16-12/h3-7H,1-2H3. The lowest BCUT2D eigenvalue weighted by Gasteiger charge is -1.95. The molecule has 1 aromatic carbocycles. The van der Waals surface area contributed by atoms with E-state index in [0.717, 1.165) is 4.88 Å². The highest BCUT2D eigenvalue weighted by molar-refractivity contribution is 7.20. The summed E-state index contributed by atoms with van der Waals surface area (Å²) in [7, 11) is 2.05. The highest BCUT2D eigenvalue weighted by Gasteiger charge is 2.13. The van der Waals surface area contributed by atoms with Gasteiger partial charge in [0, 0.05) is 23.3 Å². The molecular formula is C13H11NOS. The number of aryl methyl sites for hydroxylation is 1. The molecule has 2 nitrogen and oxygen atoms in total. The topological polar surface area (TPSA) is 22.0 Å². The summed E-state index contributed by atoms with van der Waals surface area (Å²) >= 11 is 1.57. The number of Topliss-reactive ketones (excluding diaryl/α,β-unsaturated/α-hetero) is 1. The summed E-state index contributed by atoms with van der Waals surface area (Å²) < 4.78 is 2.15. The van der Waals surface area contributed by atoms with E-state index in [2.05, 4.69) is 16.7 Å². The number of benzene rings is 1. The van der Waals surface area contributed by atoms with E-state index >= 15 is 0 Å². The molecule has 0 saturated carbocycles. The molecule has 0 unspecified atom stereocenters. The van der Waals surface area contributed by atoms with Gasteiger partial charge in [-0.1, -0.05) is 18.2 Å². The number of carbonyl (C=O) groups excluding carboxylic acids is 1. The van der Waals surface area contributed by atoms with E-state index in [1.54, 1.807) is 18.3 Å². The van der Waals surface area contributed by atoms with Gasteiger partial charge in [0.15, 0.2) is 5.78 Å². The number of para-hydroxylation sites is 1. The summed E-state index contributed by atoms with van der Waals surface area (Å²) in [5.41, 5.74) is 1.22. The first-order valence-corrected chi connectivity index (χ1v) is 5.98. The van der Waals surface area contributed by atoms with E-state index in [4.69, 9.17) is 0 Å². The third-order valence-electron chi connectivity index (χ3n) is 2.92. The van der Waals surface area contributed by atoms with E-state index in [-0.39, 0.29) is 5.78 Å². The summed E-state index contributed by atoms with van der Waals surface area (Å²) in [6.07, 6.45) is 0. The third-order valence-corrected chi connectivity index (χ3v) is 4.23. The number of rotatable bonds is 1. The largest absolute Gasteiger partial charge is 0.335 e. The van der Waals surface area contributed by atoms with Gasteiger partial charge in [-0.15, -0.1) is 11.3 Å². The first-order valence-electron chi connectivity index (χ1n) is 5.16. The lowest BCUT2D eigenvalue weighted by Crippen LogP contribution is -1.86. The number of ketones is 1. The second kappa shape index (κ2) is 3.19. The Morgan fingerprint density at radius 2 is 2.00 bits per heavy atom. The molecule has 2 heterocycles. The van der Waals surface area contributed by atoms with E-state index in [1.807, 2.05) is 25.2 Å². The lowest BCUT2D eigenvalue weighted by molar-refractivity contribution is 0.102. The van der Waals surface area contributed by atoms with Crippen LogP contribution in [0.3, 0.4) is 0 Å². The van der Waals surface area contributed by atoms with Gasteiger partial charge in [-0.05, 0) is 19.1 Å². The molecule has 16 heavy (non-hydrogen) atoms. The summed E-state index contributed by atoms with van der Waals surface area (Å²) in [4.78, 5) is 13.4. The van der Waals surface area contributed by atoms with Crippen LogP contribution in [0.15, 0.2) is 30.3 Å². The summed E-state index contributed by atoms with van der Waals surface area (Å²) in [6, 6.07) is 10.3. The van der Waals surface area contributed by atoms with Crippen molar-refractivity contribution in [3.05, 3.63) is 35.2 Å². The molecule has 0 radical (unpaired) electrons. The van der Waals surface area contributed by atoms with Gasteiger partial charge in [0.05, 0.1) is 4.88 Å². The minimum Gasteiger partial charge on any atom is -0.335 e. The van der Waals surface area contributed by atoms with Gasteiger partial charge < -0.3 is 4.57 Å². The Bertz CT molecular complexity index is 705. The van der Waals surface area contributed by atoms with Crippen LogP contribution in [0.25, 0.3) is 21.1 Å². The molecule has 0 saturated heterocycles. The Morgan fingerprint density at radius 3 is 2.75 bits per heavy atom. The van der Waals surface area contributed by atoms with Crippen LogP contribution in [0.5, 0.6) is 0 Å². The van der Waals surface area contributed by atoms with Crippen LogP contribution in [-0.2, 0) is 7.05 Å². The van der Waals surface area contributed by atoms with Gasteiger partial charge in [0.25, 0.3) is 0 Å². The maximum atomic E-state index is 11.4. The first kappa shape index (κ1) is 9.60. The van der Waals surface area contributed by atoms with Gasteiger partial charge in [0.1, 0.15) is 4.83 Å². The van der Waals surface area contributed by atoms with Crippen molar-refractivity contribution >= 4 is 38.2 Å². The van der Waals surface area contributed by atoms with Crippen LogP contribution in [-0.4, -0.2) is 10.4 Å². The molecule has 0 aliphatic rings. The van der Waals surface area contributed by atoms with Crippen LogP contribution < -0.4 is 0 Å². The molecule has 0 amide bonds. The van der Waals surface area contributed by atoms with Crippen LogP contribution in [0, 0.1) is 0 Å². The maximum Gasteiger partial charge on any atom is 0.169 e. The number of aromatic nitrogens is 1. The number of fused-ring (bicyclic) bond motifs is 3. The Labute approximate surface area is 97.1 Å². The van der Waals surface area contributed by atoms with Crippen molar-refractivity contribution in [1.29, 1.82) is 0 Å². The fourth-order valence-electron chi connectivity index (χ4n) is 2.10. The van der Waals surface area contributed by atoms with E-state index in [9.17, 15) is 4.79 Å². The Hall–Kier alpha value is -1.61. The average molecular weight is 229 g/mol. The van der Waals surface area contributed by atoms with Crippen molar-refractivity contribution in [2.45, 2.75) is 6.92 Å². The predicted molar refractivity (Wildman–Crippen MR) is 68.3 cm³/mol. The second-order valence-electron chi connectivity index (χ2n) is 3.96. The van der Waals surface area contributed by atoms with Crippen molar-refractivity contribution in [2.75, 3.05) is 0 Å². The van der Waals surface area contributed by atoms with E-state index < -0.39 is 0 Å². The summed E-state index contributed by atoms with van der Waals surface area (Å²) in [5.74, 6) is 0.144. The molecule has 0 aliphatic carbocycles. The zero-order valence-corrected chi connectivity index (χ0v) is 9.97. The monoisotopic (exact) mass is 229 g/mol. The van der Waals surface area contributed by atoms with Crippen molar-refractivity contribution in [2.24, 2.45) is 7.05 Å². The summed E-state index contributed by atoms with van der Waals surface area (Å²) in [5, 5.41) is 2.41. The van der Waals surface area contributed by atoms with Gasteiger partial charge in [-0.3, -0.25) is 4.79 Å². The average Bonchev–Trinajstić information content (AvgIpc) is 2.81. The first-order chi connectivity index (χ1) is 7.68. The van der Waals surface area contributed by atoms with Crippen molar-refractivity contribution in [3.8, 4) is 0 Å². The fourth-order valence-corrected chi connectivity index (χ4v) is 3.14. The molecule has 3 rings (SSSR count). The quantitative estimate of drug-likeness (QED) is 0.584. The SMILES string of the molecule is CC(=O)c1cc2c3ccccc3n(C)c2s1. The molecule has 0 atom stereocenters. The Balaban J connectivity index is 2.49. The fraction of sp³-hybridized carbons (Fsp3) is 0.154. The molecule has 0 fully saturated rings. The molecule has 80 valence electrons. The van der Waals surface area contributed by atoms with Crippen LogP contribution in [0.2, 0.25) is 0 Å². The molecule has 0 aliphatic heterocycles. The molecule has 3 aromatic rings. The molecule has 3 heteroatoms. The third kappa shape index (κ3) is 1.15. The normalized spacial score (nSPS) is 11.4. The van der Waals surface area contributed by atoms with E-state index in [1.165, 1.54) is 21.1 Å².